The van der Waals surface area contributed by atoms with Crippen molar-refractivity contribution in [2.45, 2.75) is 0 Å². The number of imide groups is 3. The Morgan fingerprint density at radius 3 is 2.04 bits per heavy atom. The molecule has 7 heteroatoms. The molecule has 122 valence electrons. The summed E-state index contributed by atoms with van der Waals surface area (Å²) in [6, 6.07) is 15.4. The zero-order valence-electron chi connectivity index (χ0n) is 12.9. The van der Waals surface area contributed by atoms with Crippen molar-refractivity contribution in [2.75, 3.05) is 5.73 Å². The van der Waals surface area contributed by atoms with Gasteiger partial charge in [0.1, 0.15) is 5.56 Å². The molecule has 0 saturated carbocycles. The number of carbonyl (C=O) groups is 3. The van der Waals surface area contributed by atoms with Gasteiger partial charge in [0.15, 0.2) is 5.82 Å². The molecule has 1 aliphatic rings. The summed E-state index contributed by atoms with van der Waals surface area (Å²) < 4.78 is 1.43. The van der Waals surface area contributed by atoms with Crippen LogP contribution in [-0.4, -0.2) is 32.4 Å². The predicted octanol–water partition coefficient (Wildman–Crippen LogP) is 1.89. The third-order valence-corrected chi connectivity index (χ3v) is 3.99. The Morgan fingerprint density at radius 1 is 0.880 bits per heavy atom. The average molecular weight is 332 g/mol. The number of anilines is 1. The molecular weight excluding hydrogens is 320 g/mol. The van der Waals surface area contributed by atoms with Gasteiger partial charge in [-0.1, -0.05) is 30.3 Å². The van der Waals surface area contributed by atoms with Gasteiger partial charge >= 0.3 is 0 Å². The van der Waals surface area contributed by atoms with Gasteiger partial charge in [-0.3, -0.25) is 14.4 Å². The molecule has 2 heterocycles. The van der Waals surface area contributed by atoms with E-state index in [1.165, 1.54) is 23.0 Å². The number of carbonyl (C=O) groups excluding carboxylic acids is 3. The summed E-state index contributed by atoms with van der Waals surface area (Å²) in [7, 11) is 0. The van der Waals surface area contributed by atoms with Crippen molar-refractivity contribution < 1.29 is 14.4 Å². The first-order valence-corrected chi connectivity index (χ1v) is 7.50. The molecule has 0 saturated heterocycles. The molecule has 1 aromatic heterocycles. The first kappa shape index (κ1) is 14.8. The van der Waals surface area contributed by atoms with Crippen molar-refractivity contribution in [3.8, 4) is 5.69 Å². The lowest BCUT2D eigenvalue weighted by Gasteiger charge is -2.10. The second kappa shape index (κ2) is 5.41. The first-order valence-electron chi connectivity index (χ1n) is 7.50. The lowest BCUT2D eigenvalue weighted by molar-refractivity contribution is 0.0566. The quantitative estimate of drug-likeness (QED) is 0.723. The maximum Gasteiger partial charge on any atom is 0.273 e. The van der Waals surface area contributed by atoms with E-state index in [0.29, 0.717) is 10.6 Å². The summed E-state index contributed by atoms with van der Waals surface area (Å²) in [4.78, 5) is 38.2. The summed E-state index contributed by atoms with van der Waals surface area (Å²) in [5.41, 5.74) is 6.95. The summed E-state index contributed by atoms with van der Waals surface area (Å²) in [6.45, 7) is 0. The van der Waals surface area contributed by atoms with E-state index in [1.807, 2.05) is 18.2 Å². The summed E-state index contributed by atoms with van der Waals surface area (Å²) >= 11 is 0. The number of amides is 3. The number of hydrogen-bond donors (Lipinski definition) is 1. The highest BCUT2D eigenvalue weighted by molar-refractivity contribution is 6.31. The molecule has 3 amide bonds. The van der Waals surface area contributed by atoms with Gasteiger partial charge in [0, 0.05) is 6.20 Å². The second-order valence-electron chi connectivity index (χ2n) is 5.50. The predicted molar refractivity (Wildman–Crippen MR) is 89.2 cm³/mol. The molecule has 0 aliphatic carbocycles. The van der Waals surface area contributed by atoms with Crippen molar-refractivity contribution in [3.05, 3.63) is 77.5 Å². The van der Waals surface area contributed by atoms with Crippen LogP contribution in [0.4, 0.5) is 5.82 Å². The van der Waals surface area contributed by atoms with Gasteiger partial charge in [0.05, 0.1) is 16.8 Å². The molecule has 3 aromatic rings. The van der Waals surface area contributed by atoms with Crippen LogP contribution in [0.1, 0.15) is 31.1 Å². The van der Waals surface area contributed by atoms with Crippen molar-refractivity contribution in [3.63, 3.8) is 0 Å². The van der Waals surface area contributed by atoms with Gasteiger partial charge in [0.25, 0.3) is 17.7 Å². The molecule has 4 rings (SSSR count). The van der Waals surface area contributed by atoms with Crippen LogP contribution >= 0.6 is 0 Å². The van der Waals surface area contributed by atoms with Gasteiger partial charge in [-0.2, -0.15) is 0 Å². The number of fused-ring (bicyclic) bond motifs is 1. The average Bonchev–Trinajstić information content (AvgIpc) is 3.14. The lowest BCUT2D eigenvalue weighted by atomic mass is 10.1. The molecule has 0 radical (unpaired) electrons. The Labute approximate surface area is 142 Å². The normalized spacial score (nSPS) is 13.2. The lowest BCUT2D eigenvalue weighted by Crippen LogP contribution is -2.36. The second-order valence-corrected chi connectivity index (χ2v) is 5.50. The number of benzene rings is 2. The van der Waals surface area contributed by atoms with Crippen molar-refractivity contribution in [1.29, 1.82) is 0 Å². The minimum Gasteiger partial charge on any atom is -0.382 e. The topological polar surface area (TPSA) is 98.3 Å². The van der Waals surface area contributed by atoms with E-state index in [-0.39, 0.29) is 22.5 Å². The summed E-state index contributed by atoms with van der Waals surface area (Å²) in [6.07, 6.45) is 1.41. The van der Waals surface area contributed by atoms with Gasteiger partial charge in [-0.15, -0.1) is 5.10 Å². The number of aromatic nitrogens is 2. The van der Waals surface area contributed by atoms with Crippen molar-refractivity contribution in [1.82, 2.24) is 14.7 Å². The fraction of sp³-hybridized carbons (Fsp3) is 0. The Balaban J connectivity index is 1.72. The molecule has 0 fully saturated rings. The van der Waals surface area contributed by atoms with E-state index < -0.39 is 17.7 Å². The van der Waals surface area contributed by atoms with E-state index in [0.717, 1.165) is 0 Å². The van der Waals surface area contributed by atoms with Crippen LogP contribution < -0.4 is 5.73 Å². The molecule has 0 unspecified atom stereocenters. The Hall–Kier alpha value is -3.74. The van der Waals surface area contributed by atoms with Crippen LogP contribution in [0.2, 0.25) is 0 Å². The zero-order chi connectivity index (χ0) is 17.6. The van der Waals surface area contributed by atoms with Gasteiger partial charge in [0.2, 0.25) is 0 Å². The largest absolute Gasteiger partial charge is 0.382 e. The fourth-order valence-corrected chi connectivity index (χ4v) is 2.76. The summed E-state index contributed by atoms with van der Waals surface area (Å²) in [5, 5.41) is 4.10. The number of nitrogen functional groups attached to an aromatic ring is 1. The van der Waals surface area contributed by atoms with E-state index in [9.17, 15) is 14.4 Å². The monoisotopic (exact) mass is 332 g/mol. The van der Waals surface area contributed by atoms with E-state index in [4.69, 9.17) is 5.73 Å². The molecule has 0 atom stereocenters. The SMILES string of the molecule is Nc1nn(-c2ccccc2)cc1C(=O)N1C(=O)c2ccccc2C1=O. The standard InChI is InChI=1S/C18H12N4O3/c19-15-14(10-21(20-15)11-6-2-1-3-7-11)18(25)22-16(23)12-8-4-5-9-13(12)17(22)24/h1-10H,(H2,19,20). The van der Waals surface area contributed by atoms with Crippen LogP contribution in [0.25, 0.3) is 5.69 Å². The van der Waals surface area contributed by atoms with Crippen LogP contribution in [0.5, 0.6) is 0 Å². The van der Waals surface area contributed by atoms with Crippen LogP contribution in [-0.2, 0) is 0 Å². The highest BCUT2D eigenvalue weighted by Gasteiger charge is 2.41. The smallest absolute Gasteiger partial charge is 0.273 e. The number of nitrogens with zero attached hydrogens (tertiary/aromatic N) is 3. The van der Waals surface area contributed by atoms with Crippen LogP contribution in [0.15, 0.2) is 60.8 Å². The van der Waals surface area contributed by atoms with Gasteiger partial charge in [-0.05, 0) is 24.3 Å². The minimum absolute atomic E-state index is 0.00152. The molecule has 2 N–H and O–H groups in total. The highest BCUT2D eigenvalue weighted by Crippen LogP contribution is 2.26. The number of nitrogens with two attached hydrogens (primary N) is 1. The number of rotatable bonds is 2. The van der Waals surface area contributed by atoms with Crippen LogP contribution in [0.3, 0.4) is 0 Å². The van der Waals surface area contributed by atoms with E-state index >= 15 is 0 Å². The third-order valence-electron chi connectivity index (χ3n) is 3.99. The Bertz CT molecular complexity index is 989. The van der Waals surface area contributed by atoms with Crippen LogP contribution in [0, 0.1) is 0 Å². The van der Waals surface area contributed by atoms with Gasteiger partial charge in [-0.25, -0.2) is 9.58 Å². The zero-order valence-corrected chi connectivity index (χ0v) is 12.9. The molecule has 25 heavy (non-hydrogen) atoms. The molecule has 1 aliphatic heterocycles. The maximum absolute atomic E-state index is 12.8. The molecule has 0 spiro atoms. The van der Waals surface area contributed by atoms with E-state index in [1.54, 1.807) is 24.3 Å². The maximum atomic E-state index is 12.8. The molecule has 7 nitrogen and oxygen atoms in total. The minimum atomic E-state index is -0.786. The molecule has 0 bridgehead atoms. The Morgan fingerprint density at radius 2 is 1.44 bits per heavy atom. The highest BCUT2D eigenvalue weighted by atomic mass is 16.2. The molecule has 2 aromatic carbocycles. The van der Waals surface area contributed by atoms with Crippen molar-refractivity contribution in [2.24, 2.45) is 0 Å². The Kier molecular flexibility index (Phi) is 3.21. The van der Waals surface area contributed by atoms with Gasteiger partial charge < -0.3 is 5.73 Å². The first-order chi connectivity index (χ1) is 12.1. The molecular formula is C18H12N4O3. The number of hydrogen-bond acceptors (Lipinski definition) is 5. The number of para-hydroxylation sites is 1. The summed E-state index contributed by atoms with van der Waals surface area (Å²) in [5.74, 6) is -2.15. The fourth-order valence-electron chi connectivity index (χ4n) is 2.76. The van der Waals surface area contributed by atoms with E-state index in [2.05, 4.69) is 5.10 Å². The van der Waals surface area contributed by atoms with Crippen molar-refractivity contribution >= 4 is 23.5 Å². The third kappa shape index (κ3) is 2.21.